The normalized spacial score (nSPS) is 11.7. The highest BCUT2D eigenvalue weighted by Gasteiger charge is 2.20. The van der Waals surface area contributed by atoms with Gasteiger partial charge < -0.3 is 5.32 Å². The van der Waals surface area contributed by atoms with E-state index in [-0.39, 0.29) is 22.8 Å². The molecule has 24 heavy (non-hydrogen) atoms. The molecule has 0 saturated carbocycles. The van der Waals surface area contributed by atoms with Gasteiger partial charge in [0, 0.05) is 25.1 Å². The minimum atomic E-state index is -0.249. The standard InChI is InChI=1S/C15H24N6O2S/c1-6-7-21-13(23)17-18-14(21)24-9-12(22)16-11-8-10(15(2,3)4)19-20(11)5/h8H,6-7,9H2,1-5H3,(H,16,22)(H,17,23). The number of hydrogen-bond acceptors (Lipinski definition) is 5. The lowest BCUT2D eigenvalue weighted by Crippen LogP contribution is -2.19. The van der Waals surface area contributed by atoms with Crippen molar-refractivity contribution in [2.75, 3.05) is 11.1 Å². The van der Waals surface area contributed by atoms with Crippen LogP contribution < -0.4 is 11.0 Å². The van der Waals surface area contributed by atoms with E-state index in [0.717, 1.165) is 12.1 Å². The van der Waals surface area contributed by atoms with Crippen molar-refractivity contribution in [2.24, 2.45) is 7.05 Å². The van der Waals surface area contributed by atoms with Gasteiger partial charge >= 0.3 is 5.69 Å². The summed E-state index contributed by atoms with van der Waals surface area (Å²) in [6.45, 7) is 8.77. The number of anilines is 1. The van der Waals surface area contributed by atoms with Crippen LogP contribution in [0.15, 0.2) is 16.0 Å². The average molecular weight is 352 g/mol. The third-order valence-electron chi connectivity index (χ3n) is 3.42. The third kappa shape index (κ3) is 4.28. The van der Waals surface area contributed by atoms with Gasteiger partial charge in [-0.15, -0.1) is 5.10 Å². The number of hydrogen-bond donors (Lipinski definition) is 2. The quantitative estimate of drug-likeness (QED) is 0.772. The van der Waals surface area contributed by atoms with E-state index in [4.69, 9.17) is 0 Å². The van der Waals surface area contributed by atoms with Crippen LogP contribution in [0.25, 0.3) is 0 Å². The summed E-state index contributed by atoms with van der Waals surface area (Å²) >= 11 is 1.23. The van der Waals surface area contributed by atoms with Gasteiger partial charge in [0.25, 0.3) is 0 Å². The molecule has 0 bridgehead atoms. The van der Waals surface area contributed by atoms with E-state index in [9.17, 15) is 9.59 Å². The maximum absolute atomic E-state index is 12.2. The molecule has 0 radical (unpaired) electrons. The number of aryl methyl sites for hydroxylation is 1. The van der Waals surface area contributed by atoms with Crippen molar-refractivity contribution in [1.82, 2.24) is 24.5 Å². The topological polar surface area (TPSA) is 97.6 Å². The number of aromatic nitrogens is 5. The number of carbonyl (C=O) groups excluding carboxylic acids is 1. The van der Waals surface area contributed by atoms with Crippen LogP contribution in [0.1, 0.15) is 39.8 Å². The SMILES string of the molecule is CCCn1c(SCC(=O)Nc2cc(C(C)(C)C)nn2C)n[nH]c1=O. The Labute approximate surface area is 145 Å². The molecule has 2 rings (SSSR count). The van der Waals surface area contributed by atoms with Crippen LogP contribution in [0.5, 0.6) is 0 Å². The minimum Gasteiger partial charge on any atom is -0.310 e. The Hall–Kier alpha value is -2.03. The highest BCUT2D eigenvalue weighted by molar-refractivity contribution is 7.99. The predicted octanol–water partition coefficient (Wildman–Crippen LogP) is 1.74. The van der Waals surface area contributed by atoms with Crippen LogP contribution in [0.4, 0.5) is 5.82 Å². The molecule has 2 N–H and O–H groups in total. The zero-order valence-electron chi connectivity index (χ0n) is 14.7. The molecule has 0 unspecified atom stereocenters. The van der Waals surface area contributed by atoms with Gasteiger partial charge in [0.15, 0.2) is 5.16 Å². The van der Waals surface area contributed by atoms with Crippen LogP contribution in [0.2, 0.25) is 0 Å². The second-order valence-corrected chi connectivity index (χ2v) is 7.53. The Morgan fingerprint density at radius 3 is 2.71 bits per heavy atom. The summed E-state index contributed by atoms with van der Waals surface area (Å²) in [7, 11) is 1.80. The first kappa shape index (κ1) is 18.3. The molecule has 9 heteroatoms. The summed E-state index contributed by atoms with van der Waals surface area (Å²) in [5.74, 6) is 0.657. The van der Waals surface area contributed by atoms with E-state index < -0.39 is 0 Å². The summed E-state index contributed by atoms with van der Waals surface area (Å²) in [6.07, 6.45) is 0.823. The molecule has 8 nitrogen and oxygen atoms in total. The average Bonchev–Trinajstić information content (AvgIpc) is 3.02. The van der Waals surface area contributed by atoms with Crippen LogP contribution in [-0.4, -0.2) is 36.2 Å². The molecule has 132 valence electrons. The zero-order chi connectivity index (χ0) is 17.9. The van der Waals surface area contributed by atoms with Gasteiger partial charge in [-0.05, 0) is 6.42 Å². The monoisotopic (exact) mass is 352 g/mol. The van der Waals surface area contributed by atoms with Crippen molar-refractivity contribution in [3.05, 3.63) is 22.2 Å². The van der Waals surface area contributed by atoms with Gasteiger partial charge in [0.2, 0.25) is 5.91 Å². The zero-order valence-corrected chi connectivity index (χ0v) is 15.5. The highest BCUT2D eigenvalue weighted by Crippen LogP contribution is 2.23. The fourth-order valence-corrected chi connectivity index (χ4v) is 2.87. The van der Waals surface area contributed by atoms with Crippen molar-refractivity contribution in [2.45, 2.75) is 51.2 Å². The highest BCUT2D eigenvalue weighted by atomic mass is 32.2. The number of amides is 1. The van der Waals surface area contributed by atoms with Gasteiger partial charge in [0.05, 0.1) is 11.4 Å². The van der Waals surface area contributed by atoms with Crippen LogP contribution >= 0.6 is 11.8 Å². The number of H-pyrrole nitrogens is 1. The molecular weight excluding hydrogens is 328 g/mol. The Morgan fingerprint density at radius 1 is 1.42 bits per heavy atom. The maximum Gasteiger partial charge on any atom is 0.343 e. The van der Waals surface area contributed by atoms with Crippen molar-refractivity contribution in [3.8, 4) is 0 Å². The van der Waals surface area contributed by atoms with Gasteiger partial charge in [-0.2, -0.15) is 5.10 Å². The lowest BCUT2D eigenvalue weighted by molar-refractivity contribution is -0.113. The van der Waals surface area contributed by atoms with E-state index in [1.165, 1.54) is 11.8 Å². The first-order chi connectivity index (χ1) is 11.2. The summed E-state index contributed by atoms with van der Waals surface area (Å²) in [5.41, 5.74) is 0.582. The number of rotatable bonds is 6. The number of thioether (sulfide) groups is 1. The number of aromatic amines is 1. The van der Waals surface area contributed by atoms with E-state index in [1.807, 2.05) is 13.0 Å². The third-order valence-corrected chi connectivity index (χ3v) is 4.39. The van der Waals surface area contributed by atoms with Crippen LogP contribution in [-0.2, 0) is 23.8 Å². The maximum atomic E-state index is 12.2. The van der Waals surface area contributed by atoms with Crippen LogP contribution in [0, 0.1) is 0 Å². The lowest BCUT2D eigenvalue weighted by atomic mass is 9.92. The van der Waals surface area contributed by atoms with E-state index >= 15 is 0 Å². The second-order valence-electron chi connectivity index (χ2n) is 6.59. The molecule has 0 atom stereocenters. The first-order valence-electron chi connectivity index (χ1n) is 7.84. The number of nitrogens with zero attached hydrogens (tertiary/aromatic N) is 4. The van der Waals surface area contributed by atoms with Gasteiger partial charge in [-0.3, -0.25) is 14.0 Å². The largest absolute Gasteiger partial charge is 0.343 e. The summed E-state index contributed by atoms with van der Waals surface area (Å²) in [4.78, 5) is 23.8. The second kappa shape index (κ2) is 7.25. The fraction of sp³-hybridized carbons (Fsp3) is 0.600. The molecule has 2 aromatic rings. The van der Waals surface area contributed by atoms with Gasteiger partial charge in [-0.1, -0.05) is 39.5 Å². The smallest absolute Gasteiger partial charge is 0.310 e. The van der Waals surface area contributed by atoms with Crippen molar-refractivity contribution in [1.29, 1.82) is 0 Å². The molecule has 0 aliphatic carbocycles. The Kier molecular flexibility index (Phi) is 5.53. The molecule has 2 heterocycles. The molecule has 0 spiro atoms. The molecule has 2 aromatic heterocycles. The minimum absolute atomic E-state index is 0.0826. The van der Waals surface area contributed by atoms with E-state index in [0.29, 0.717) is 17.5 Å². The Bertz CT molecular complexity index is 768. The Morgan fingerprint density at radius 2 is 2.12 bits per heavy atom. The molecule has 0 aliphatic heterocycles. The first-order valence-corrected chi connectivity index (χ1v) is 8.83. The summed E-state index contributed by atoms with van der Waals surface area (Å²) in [6, 6.07) is 1.88. The molecular formula is C15H24N6O2S. The number of carbonyl (C=O) groups is 1. The number of nitrogens with one attached hydrogen (secondary N) is 2. The molecule has 0 saturated heterocycles. The predicted molar refractivity (Wildman–Crippen MR) is 94.4 cm³/mol. The van der Waals surface area contributed by atoms with E-state index in [1.54, 1.807) is 16.3 Å². The summed E-state index contributed by atoms with van der Waals surface area (Å²) < 4.78 is 3.20. The van der Waals surface area contributed by atoms with Crippen molar-refractivity contribution < 1.29 is 4.79 Å². The fourth-order valence-electron chi connectivity index (χ4n) is 2.09. The van der Waals surface area contributed by atoms with E-state index in [2.05, 4.69) is 41.4 Å². The summed E-state index contributed by atoms with van der Waals surface area (Å²) in [5, 5.41) is 14.2. The van der Waals surface area contributed by atoms with Gasteiger partial charge in [-0.25, -0.2) is 9.89 Å². The van der Waals surface area contributed by atoms with Crippen molar-refractivity contribution >= 4 is 23.5 Å². The Balaban J connectivity index is 2.00. The lowest BCUT2D eigenvalue weighted by Gasteiger charge is -2.13. The van der Waals surface area contributed by atoms with Crippen molar-refractivity contribution in [3.63, 3.8) is 0 Å². The molecule has 0 aliphatic rings. The molecule has 1 amide bonds. The van der Waals surface area contributed by atoms with Gasteiger partial charge in [0.1, 0.15) is 5.82 Å². The van der Waals surface area contributed by atoms with Crippen LogP contribution in [0.3, 0.4) is 0 Å². The molecule has 0 aromatic carbocycles. The molecule has 0 fully saturated rings.